The summed E-state index contributed by atoms with van der Waals surface area (Å²) >= 11 is 0. The van der Waals surface area contributed by atoms with E-state index in [0.717, 1.165) is 13.1 Å². The zero-order chi connectivity index (χ0) is 24.0. The van der Waals surface area contributed by atoms with Gasteiger partial charge in [-0.25, -0.2) is 0 Å². The standard InChI is InChI=1S/C24H38N4O5/c1-17-14-28(18(2)16-29)24(31)20-13-19(5-6-21(20)33-22(17)15-26(3)4)25-23(30)7-8-27-9-11-32-12-10-27/h5-6,13,17-18,22,29H,7-12,14-16H2,1-4H3,(H,25,30)/t17-,18-,22-/m0/s1. The Kier molecular flexibility index (Phi) is 9.08. The number of rotatable bonds is 8. The molecule has 1 fully saturated rings. The van der Waals surface area contributed by atoms with Crippen LogP contribution in [0.25, 0.3) is 0 Å². The summed E-state index contributed by atoms with van der Waals surface area (Å²) in [5, 5.41) is 12.7. The highest BCUT2D eigenvalue weighted by Gasteiger charge is 2.33. The van der Waals surface area contributed by atoms with Gasteiger partial charge < -0.3 is 29.7 Å². The smallest absolute Gasteiger partial charge is 0.258 e. The minimum absolute atomic E-state index is 0.0815. The van der Waals surface area contributed by atoms with Crippen molar-refractivity contribution in [3.8, 4) is 5.75 Å². The predicted molar refractivity (Wildman–Crippen MR) is 127 cm³/mol. The maximum Gasteiger partial charge on any atom is 0.258 e. The average molecular weight is 463 g/mol. The number of hydrogen-bond donors (Lipinski definition) is 2. The van der Waals surface area contributed by atoms with Gasteiger partial charge in [-0.2, -0.15) is 0 Å². The molecular weight excluding hydrogens is 424 g/mol. The molecule has 3 rings (SSSR count). The van der Waals surface area contributed by atoms with Crippen LogP contribution in [0.3, 0.4) is 0 Å². The van der Waals surface area contributed by atoms with Crippen LogP contribution in [-0.4, -0.2) is 110 Å². The van der Waals surface area contributed by atoms with Crippen molar-refractivity contribution in [3.63, 3.8) is 0 Å². The Balaban J connectivity index is 1.78. The van der Waals surface area contributed by atoms with Gasteiger partial charge in [0, 0.05) is 50.7 Å². The molecule has 3 atom stereocenters. The van der Waals surface area contributed by atoms with Gasteiger partial charge in [-0.05, 0) is 39.2 Å². The average Bonchev–Trinajstić information content (AvgIpc) is 2.80. The second-order valence-corrected chi connectivity index (χ2v) is 9.35. The number of ether oxygens (including phenoxy) is 2. The molecule has 2 aliphatic heterocycles. The number of fused-ring (bicyclic) bond motifs is 1. The Labute approximate surface area is 196 Å². The molecule has 33 heavy (non-hydrogen) atoms. The van der Waals surface area contributed by atoms with Crippen molar-refractivity contribution < 1.29 is 24.2 Å². The van der Waals surface area contributed by atoms with E-state index in [1.54, 1.807) is 23.1 Å². The summed E-state index contributed by atoms with van der Waals surface area (Å²) in [6, 6.07) is 4.90. The fourth-order valence-electron chi connectivity index (χ4n) is 4.19. The van der Waals surface area contributed by atoms with Gasteiger partial charge in [0.1, 0.15) is 11.9 Å². The molecule has 0 unspecified atom stereocenters. The van der Waals surface area contributed by atoms with E-state index in [0.29, 0.717) is 56.3 Å². The first-order valence-corrected chi connectivity index (χ1v) is 11.8. The fourth-order valence-corrected chi connectivity index (χ4v) is 4.19. The van der Waals surface area contributed by atoms with Crippen LogP contribution in [0.2, 0.25) is 0 Å². The fraction of sp³-hybridized carbons (Fsp3) is 0.667. The van der Waals surface area contributed by atoms with E-state index in [2.05, 4.69) is 22.0 Å². The lowest BCUT2D eigenvalue weighted by Crippen LogP contribution is -2.49. The summed E-state index contributed by atoms with van der Waals surface area (Å²) in [6.45, 7) is 8.71. The third kappa shape index (κ3) is 6.89. The van der Waals surface area contributed by atoms with Crippen LogP contribution in [0.1, 0.15) is 30.6 Å². The third-order valence-corrected chi connectivity index (χ3v) is 6.25. The maximum atomic E-state index is 13.4. The highest BCUT2D eigenvalue weighted by atomic mass is 16.5. The first-order chi connectivity index (χ1) is 15.8. The van der Waals surface area contributed by atoms with Crippen molar-refractivity contribution in [3.05, 3.63) is 23.8 Å². The number of aliphatic hydroxyl groups excluding tert-OH is 1. The molecule has 0 radical (unpaired) electrons. The highest BCUT2D eigenvalue weighted by Crippen LogP contribution is 2.30. The van der Waals surface area contributed by atoms with E-state index in [-0.39, 0.29) is 36.5 Å². The van der Waals surface area contributed by atoms with Crippen LogP contribution in [0, 0.1) is 5.92 Å². The molecular formula is C24H38N4O5. The van der Waals surface area contributed by atoms with Gasteiger partial charge in [-0.15, -0.1) is 0 Å². The van der Waals surface area contributed by atoms with E-state index in [1.807, 2.05) is 21.0 Å². The van der Waals surface area contributed by atoms with Crippen LogP contribution in [-0.2, 0) is 9.53 Å². The maximum absolute atomic E-state index is 13.4. The number of morpholine rings is 1. The molecule has 2 N–H and O–H groups in total. The van der Waals surface area contributed by atoms with Crippen molar-refractivity contribution in [1.82, 2.24) is 14.7 Å². The largest absolute Gasteiger partial charge is 0.488 e. The molecule has 9 nitrogen and oxygen atoms in total. The molecule has 0 saturated carbocycles. The highest BCUT2D eigenvalue weighted by molar-refractivity contribution is 5.99. The summed E-state index contributed by atoms with van der Waals surface area (Å²) in [5.41, 5.74) is 0.962. The lowest BCUT2D eigenvalue weighted by molar-refractivity contribution is -0.116. The van der Waals surface area contributed by atoms with Crippen molar-refractivity contribution >= 4 is 17.5 Å². The molecule has 1 aromatic rings. The first kappa shape index (κ1) is 25.4. The number of carbonyl (C=O) groups is 2. The molecule has 9 heteroatoms. The molecule has 2 aliphatic rings. The van der Waals surface area contributed by atoms with Crippen LogP contribution >= 0.6 is 0 Å². The Bertz CT molecular complexity index is 812. The molecule has 2 amide bonds. The van der Waals surface area contributed by atoms with Crippen LogP contribution in [0.4, 0.5) is 5.69 Å². The van der Waals surface area contributed by atoms with Gasteiger partial charge in [-0.1, -0.05) is 6.92 Å². The minimum atomic E-state index is -0.322. The van der Waals surface area contributed by atoms with Crippen molar-refractivity contribution in [2.45, 2.75) is 32.4 Å². The van der Waals surface area contributed by atoms with Crippen molar-refractivity contribution in [1.29, 1.82) is 0 Å². The third-order valence-electron chi connectivity index (χ3n) is 6.25. The van der Waals surface area contributed by atoms with Gasteiger partial charge in [0.15, 0.2) is 0 Å². The number of aliphatic hydroxyl groups is 1. The Morgan fingerprint density at radius 3 is 2.70 bits per heavy atom. The first-order valence-electron chi connectivity index (χ1n) is 11.8. The summed E-state index contributed by atoms with van der Waals surface area (Å²) in [5.74, 6) is 0.282. The minimum Gasteiger partial charge on any atom is -0.488 e. The van der Waals surface area contributed by atoms with Gasteiger partial charge >= 0.3 is 0 Å². The van der Waals surface area contributed by atoms with E-state index in [4.69, 9.17) is 9.47 Å². The van der Waals surface area contributed by atoms with Crippen LogP contribution in [0.5, 0.6) is 5.75 Å². The number of amides is 2. The van der Waals surface area contributed by atoms with Crippen LogP contribution in [0.15, 0.2) is 18.2 Å². The van der Waals surface area contributed by atoms with E-state index in [1.165, 1.54) is 0 Å². The van der Waals surface area contributed by atoms with Gasteiger partial charge in [0.2, 0.25) is 5.91 Å². The van der Waals surface area contributed by atoms with E-state index < -0.39 is 0 Å². The number of nitrogens with one attached hydrogen (secondary N) is 1. The Morgan fingerprint density at radius 1 is 1.30 bits per heavy atom. The number of hydrogen-bond acceptors (Lipinski definition) is 7. The summed E-state index contributed by atoms with van der Waals surface area (Å²) < 4.78 is 11.6. The van der Waals surface area contributed by atoms with Crippen molar-refractivity contribution in [2.75, 3.05) is 72.0 Å². The van der Waals surface area contributed by atoms with Crippen molar-refractivity contribution in [2.24, 2.45) is 5.92 Å². The van der Waals surface area contributed by atoms with E-state index >= 15 is 0 Å². The summed E-state index contributed by atoms with van der Waals surface area (Å²) in [7, 11) is 3.98. The SMILES string of the molecule is C[C@H]1CN([C@@H](C)CO)C(=O)c2cc(NC(=O)CCN3CCOCC3)ccc2O[C@H]1CN(C)C. The number of benzene rings is 1. The van der Waals surface area contributed by atoms with E-state index in [9.17, 15) is 14.7 Å². The number of carbonyl (C=O) groups excluding carboxylic acids is 2. The lowest BCUT2D eigenvalue weighted by Gasteiger charge is -2.37. The second-order valence-electron chi connectivity index (χ2n) is 9.35. The van der Waals surface area contributed by atoms with Crippen LogP contribution < -0.4 is 10.1 Å². The zero-order valence-electron chi connectivity index (χ0n) is 20.2. The molecule has 0 bridgehead atoms. The second kappa shape index (κ2) is 11.8. The number of anilines is 1. The monoisotopic (exact) mass is 462 g/mol. The lowest BCUT2D eigenvalue weighted by atomic mass is 9.99. The molecule has 0 aromatic heterocycles. The predicted octanol–water partition coefficient (Wildman–Crippen LogP) is 1.13. The zero-order valence-corrected chi connectivity index (χ0v) is 20.2. The molecule has 184 valence electrons. The molecule has 0 spiro atoms. The van der Waals surface area contributed by atoms with Gasteiger partial charge in [0.25, 0.3) is 5.91 Å². The topological polar surface area (TPSA) is 94.6 Å². The van der Waals surface area contributed by atoms with Gasteiger partial charge in [-0.3, -0.25) is 14.5 Å². The molecule has 1 aromatic carbocycles. The number of nitrogens with zero attached hydrogens (tertiary/aromatic N) is 3. The summed E-state index contributed by atoms with van der Waals surface area (Å²) in [6.07, 6.45) is 0.256. The molecule has 1 saturated heterocycles. The number of likely N-dealkylation sites (N-methyl/N-ethyl adjacent to an activating group) is 1. The Hall–Kier alpha value is -2.20. The summed E-state index contributed by atoms with van der Waals surface area (Å²) in [4.78, 5) is 31.9. The quantitative estimate of drug-likeness (QED) is 0.598. The normalized spacial score (nSPS) is 22.8. The van der Waals surface area contributed by atoms with Gasteiger partial charge in [0.05, 0.1) is 31.4 Å². The Morgan fingerprint density at radius 2 is 2.03 bits per heavy atom. The molecule has 0 aliphatic carbocycles. The molecule has 2 heterocycles.